The Kier molecular flexibility index (Phi) is 3.40. The number of sulfone groups is 1. The molecule has 94 valence electrons. The molecule has 1 saturated carbocycles. The van der Waals surface area contributed by atoms with E-state index in [0.717, 1.165) is 12.8 Å². The van der Waals surface area contributed by atoms with Crippen molar-refractivity contribution < 1.29 is 13.2 Å². The topological polar surface area (TPSA) is 69.4 Å². The summed E-state index contributed by atoms with van der Waals surface area (Å²) < 4.78 is 29.2. The number of nitrogens with two attached hydrogens (primary N) is 1. The van der Waals surface area contributed by atoms with E-state index in [4.69, 9.17) is 10.5 Å². The second kappa shape index (κ2) is 4.66. The third kappa shape index (κ3) is 2.98. The van der Waals surface area contributed by atoms with Gasteiger partial charge in [-0.15, -0.1) is 0 Å². The summed E-state index contributed by atoms with van der Waals surface area (Å²) in [5, 5.41) is 0. The van der Waals surface area contributed by atoms with Gasteiger partial charge in [0.25, 0.3) is 0 Å². The lowest BCUT2D eigenvalue weighted by molar-refractivity contribution is 0.413. The number of ether oxygens (including phenoxy) is 1. The summed E-state index contributed by atoms with van der Waals surface area (Å²) in [5.74, 6) is 0.951. The van der Waals surface area contributed by atoms with Crippen molar-refractivity contribution in [3.63, 3.8) is 0 Å². The Labute approximate surface area is 102 Å². The molecule has 0 aromatic heterocycles. The molecule has 0 bridgehead atoms. The molecule has 0 heterocycles. The SMILES string of the molecule is COc1cccc(S(=O)(=O)CC(N)C2CC2)c1. The van der Waals surface area contributed by atoms with Crippen molar-refractivity contribution in [3.05, 3.63) is 24.3 Å². The van der Waals surface area contributed by atoms with E-state index in [1.165, 1.54) is 13.2 Å². The fourth-order valence-electron chi connectivity index (χ4n) is 1.80. The predicted octanol–water partition coefficient (Wildman–Crippen LogP) is 1.21. The summed E-state index contributed by atoms with van der Waals surface area (Å²) in [4.78, 5) is 0.285. The lowest BCUT2D eigenvalue weighted by Gasteiger charge is -2.11. The Morgan fingerprint density at radius 2 is 2.18 bits per heavy atom. The number of hydrogen-bond acceptors (Lipinski definition) is 4. The van der Waals surface area contributed by atoms with E-state index in [1.54, 1.807) is 18.2 Å². The highest BCUT2D eigenvalue weighted by Crippen LogP contribution is 2.33. The zero-order valence-corrected chi connectivity index (χ0v) is 10.6. The second-order valence-corrected chi connectivity index (χ2v) is 6.50. The van der Waals surface area contributed by atoms with E-state index in [1.807, 2.05) is 0 Å². The molecule has 5 heteroatoms. The Morgan fingerprint density at radius 3 is 2.76 bits per heavy atom. The molecular weight excluding hydrogens is 238 g/mol. The molecule has 0 saturated heterocycles. The van der Waals surface area contributed by atoms with Gasteiger partial charge in [-0.2, -0.15) is 0 Å². The Hall–Kier alpha value is -1.07. The maximum absolute atomic E-state index is 12.1. The fourth-order valence-corrected chi connectivity index (χ4v) is 3.36. The lowest BCUT2D eigenvalue weighted by Crippen LogP contribution is -2.31. The maximum Gasteiger partial charge on any atom is 0.180 e. The molecule has 1 atom stereocenters. The first-order valence-electron chi connectivity index (χ1n) is 5.65. The minimum absolute atomic E-state index is 0.0187. The van der Waals surface area contributed by atoms with Crippen LogP contribution in [0.2, 0.25) is 0 Å². The van der Waals surface area contributed by atoms with Crippen LogP contribution in [-0.4, -0.2) is 27.3 Å². The summed E-state index contributed by atoms with van der Waals surface area (Å²) in [6.07, 6.45) is 2.10. The number of benzene rings is 1. The van der Waals surface area contributed by atoms with Crippen molar-refractivity contribution in [3.8, 4) is 5.75 Å². The van der Waals surface area contributed by atoms with Gasteiger partial charge in [-0.05, 0) is 37.0 Å². The van der Waals surface area contributed by atoms with Gasteiger partial charge in [0.2, 0.25) is 0 Å². The molecule has 1 unspecified atom stereocenters. The number of methoxy groups -OCH3 is 1. The molecule has 17 heavy (non-hydrogen) atoms. The Morgan fingerprint density at radius 1 is 1.47 bits per heavy atom. The minimum atomic E-state index is -3.30. The van der Waals surface area contributed by atoms with E-state index in [-0.39, 0.29) is 16.7 Å². The van der Waals surface area contributed by atoms with Gasteiger partial charge in [0, 0.05) is 6.04 Å². The van der Waals surface area contributed by atoms with Gasteiger partial charge in [0.05, 0.1) is 17.8 Å². The normalized spacial score (nSPS) is 17.8. The van der Waals surface area contributed by atoms with E-state index in [9.17, 15) is 8.42 Å². The average molecular weight is 255 g/mol. The van der Waals surface area contributed by atoms with Crippen LogP contribution in [-0.2, 0) is 9.84 Å². The molecule has 0 aliphatic heterocycles. The first-order chi connectivity index (χ1) is 8.03. The first kappa shape index (κ1) is 12.4. The van der Waals surface area contributed by atoms with Crippen molar-refractivity contribution in [1.29, 1.82) is 0 Å². The lowest BCUT2D eigenvalue weighted by atomic mass is 10.2. The molecule has 0 amide bonds. The van der Waals surface area contributed by atoms with E-state index in [0.29, 0.717) is 11.7 Å². The molecule has 1 aliphatic carbocycles. The van der Waals surface area contributed by atoms with Crippen LogP contribution in [0.5, 0.6) is 5.75 Å². The van der Waals surface area contributed by atoms with Crippen molar-refractivity contribution in [2.75, 3.05) is 12.9 Å². The summed E-state index contributed by atoms with van der Waals surface area (Å²) in [6, 6.07) is 6.27. The van der Waals surface area contributed by atoms with E-state index < -0.39 is 9.84 Å². The monoisotopic (exact) mass is 255 g/mol. The standard InChI is InChI=1S/C12H17NO3S/c1-16-10-3-2-4-11(7-10)17(14,15)8-12(13)9-5-6-9/h2-4,7,9,12H,5-6,8,13H2,1H3. The summed E-state index contributed by atoms with van der Waals surface area (Å²) in [7, 11) is -1.79. The fraction of sp³-hybridized carbons (Fsp3) is 0.500. The molecule has 2 N–H and O–H groups in total. The summed E-state index contributed by atoms with van der Waals surface area (Å²) >= 11 is 0. The van der Waals surface area contributed by atoms with Gasteiger partial charge in [-0.25, -0.2) is 8.42 Å². The highest BCUT2D eigenvalue weighted by molar-refractivity contribution is 7.91. The molecular formula is C12H17NO3S. The number of hydrogen-bond donors (Lipinski definition) is 1. The van der Waals surface area contributed by atoms with Gasteiger partial charge < -0.3 is 10.5 Å². The van der Waals surface area contributed by atoms with Crippen LogP contribution in [0.15, 0.2) is 29.2 Å². The quantitative estimate of drug-likeness (QED) is 0.858. The van der Waals surface area contributed by atoms with Crippen LogP contribution >= 0.6 is 0 Å². The highest BCUT2D eigenvalue weighted by atomic mass is 32.2. The van der Waals surface area contributed by atoms with Crippen LogP contribution in [0.3, 0.4) is 0 Å². The molecule has 0 radical (unpaired) electrons. The number of rotatable bonds is 5. The van der Waals surface area contributed by atoms with Crippen LogP contribution in [0.1, 0.15) is 12.8 Å². The van der Waals surface area contributed by atoms with Crippen LogP contribution in [0, 0.1) is 5.92 Å². The second-order valence-electron chi connectivity index (χ2n) is 4.46. The van der Waals surface area contributed by atoms with Crippen LogP contribution in [0.25, 0.3) is 0 Å². The smallest absolute Gasteiger partial charge is 0.180 e. The largest absolute Gasteiger partial charge is 0.497 e. The zero-order valence-electron chi connectivity index (χ0n) is 9.80. The molecule has 0 spiro atoms. The van der Waals surface area contributed by atoms with Gasteiger partial charge in [0.1, 0.15) is 5.75 Å². The molecule has 2 rings (SSSR count). The van der Waals surface area contributed by atoms with Crippen molar-refractivity contribution >= 4 is 9.84 Å². The summed E-state index contributed by atoms with van der Waals surface area (Å²) in [6.45, 7) is 0. The zero-order chi connectivity index (χ0) is 12.5. The van der Waals surface area contributed by atoms with E-state index in [2.05, 4.69) is 0 Å². The van der Waals surface area contributed by atoms with Crippen molar-refractivity contribution in [1.82, 2.24) is 0 Å². The van der Waals surface area contributed by atoms with Gasteiger partial charge in [-0.1, -0.05) is 6.07 Å². The molecule has 4 nitrogen and oxygen atoms in total. The Balaban J connectivity index is 2.18. The highest BCUT2D eigenvalue weighted by Gasteiger charge is 2.32. The van der Waals surface area contributed by atoms with Crippen molar-refractivity contribution in [2.45, 2.75) is 23.8 Å². The molecule has 1 aromatic carbocycles. The molecule has 1 aliphatic rings. The Bertz CT molecular complexity index is 494. The van der Waals surface area contributed by atoms with E-state index >= 15 is 0 Å². The third-order valence-corrected chi connectivity index (χ3v) is 4.84. The van der Waals surface area contributed by atoms with Crippen LogP contribution < -0.4 is 10.5 Å². The summed E-state index contributed by atoms with van der Waals surface area (Å²) in [5.41, 5.74) is 5.86. The van der Waals surface area contributed by atoms with Gasteiger partial charge >= 0.3 is 0 Å². The third-order valence-electron chi connectivity index (χ3n) is 3.04. The molecule has 1 fully saturated rings. The van der Waals surface area contributed by atoms with Gasteiger partial charge in [-0.3, -0.25) is 0 Å². The van der Waals surface area contributed by atoms with Crippen LogP contribution in [0.4, 0.5) is 0 Å². The minimum Gasteiger partial charge on any atom is -0.497 e. The van der Waals surface area contributed by atoms with Gasteiger partial charge in [0.15, 0.2) is 9.84 Å². The van der Waals surface area contributed by atoms with Crippen molar-refractivity contribution in [2.24, 2.45) is 11.7 Å². The average Bonchev–Trinajstić information content (AvgIpc) is 3.12. The molecule has 1 aromatic rings. The maximum atomic E-state index is 12.1. The first-order valence-corrected chi connectivity index (χ1v) is 7.30. The predicted molar refractivity (Wildman–Crippen MR) is 65.7 cm³/mol.